The normalized spacial score (nSPS) is 12.4. The summed E-state index contributed by atoms with van der Waals surface area (Å²) in [4.78, 5) is 12.3. The fourth-order valence-corrected chi connectivity index (χ4v) is 3.58. The Labute approximate surface area is 179 Å². The van der Waals surface area contributed by atoms with E-state index in [4.69, 9.17) is 13.9 Å². The van der Waals surface area contributed by atoms with Crippen LogP contribution < -0.4 is 14.9 Å². The third-order valence-corrected chi connectivity index (χ3v) is 5.35. The van der Waals surface area contributed by atoms with Gasteiger partial charge in [0.25, 0.3) is 0 Å². The summed E-state index contributed by atoms with van der Waals surface area (Å²) in [5.41, 5.74) is 7.28. The number of benzene rings is 1. The van der Waals surface area contributed by atoms with E-state index in [0.717, 1.165) is 28.1 Å². The predicted molar refractivity (Wildman–Crippen MR) is 114 cm³/mol. The molecule has 4 rings (SSSR count). The Morgan fingerprint density at radius 2 is 2.00 bits per heavy atom. The fourth-order valence-electron chi connectivity index (χ4n) is 3.58. The molecular weight excluding hydrogens is 396 g/mol. The maximum absolute atomic E-state index is 12.3. The first-order valence-electron chi connectivity index (χ1n) is 9.79. The average Bonchev–Trinajstić information content (AvgIpc) is 3.38. The third-order valence-electron chi connectivity index (χ3n) is 5.35. The molecule has 0 saturated heterocycles. The van der Waals surface area contributed by atoms with Gasteiger partial charge in [-0.2, -0.15) is 10.4 Å². The lowest BCUT2D eigenvalue weighted by molar-refractivity contribution is -0.120. The van der Waals surface area contributed by atoms with Gasteiger partial charge >= 0.3 is 0 Å². The van der Waals surface area contributed by atoms with E-state index in [1.54, 1.807) is 18.3 Å². The van der Waals surface area contributed by atoms with Crippen LogP contribution >= 0.6 is 0 Å². The van der Waals surface area contributed by atoms with Crippen LogP contribution in [-0.2, 0) is 11.2 Å². The van der Waals surface area contributed by atoms with E-state index >= 15 is 0 Å². The number of ether oxygens (including phenoxy) is 2. The van der Waals surface area contributed by atoms with Gasteiger partial charge in [-0.25, -0.2) is 5.43 Å². The van der Waals surface area contributed by atoms with Gasteiger partial charge < -0.3 is 13.9 Å². The molecule has 2 aromatic heterocycles. The van der Waals surface area contributed by atoms with Crippen LogP contribution in [0.5, 0.6) is 11.5 Å². The molecule has 0 fully saturated rings. The van der Waals surface area contributed by atoms with Crippen LogP contribution in [0.4, 0.5) is 0 Å². The van der Waals surface area contributed by atoms with Crippen molar-refractivity contribution in [3.8, 4) is 23.5 Å². The second kappa shape index (κ2) is 8.03. The molecule has 3 heterocycles. The van der Waals surface area contributed by atoms with Crippen LogP contribution in [0.25, 0.3) is 5.88 Å². The lowest BCUT2D eigenvalue weighted by Gasteiger charge is -2.06. The summed E-state index contributed by atoms with van der Waals surface area (Å²) in [5, 5.41) is 13.6. The van der Waals surface area contributed by atoms with Crippen molar-refractivity contribution in [3.63, 3.8) is 0 Å². The van der Waals surface area contributed by atoms with Crippen LogP contribution in [0.2, 0.25) is 0 Å². The second-order valence-corrected chi connectivity index (χ2v) is 7.39. The second-order valence-electron chi connectivity index (χ2n) is 7.39. The van der Waals surface area contributed by atoms with Crippen LogP contribution in [-0.4, -0.2) is 23.5 Å². The Morgan fingerprint density at radius 1 is 1.23 bits per heavy atom. The number of hydrogen-bond donors (Lipinski definition) is 1. The summed E-state index contributed by atoms with van der Waals surface area (Å²) in [6, 6.07) is 9.55. The highest BCUT2D eigenvalue weighted by Gasteiger charge is 2.20. The van der Waals surface area contributed by atoms with Gasteiger partial charge in [0.05, 0.1) is 12.6 Å². The zero-order valence-electron chi connectivity index (χ0n) is 17.8. The predicted octanol–water partition coefficient (Wildman–Crippen LogP) is 3.60. The standard InChI is InChI=1S/C23H22N4O4/c1-13-7-18(15(3)27(13)23-19(10-24)14(2)16(4)31-23)11-25-26-22(28)9-17-5-6-20-21(8-17)30-12-29-20/h5-8,11H,9,12H2,1-4H3,(H,26,28)/b25-11+. The molecule has 0 saturated carbocycles. The van der Waals surface area contributed by atoms with Crippen molar-refractivity contribution in [3.05, 3.63) is 63.7 Å². The molecule has 31 heavy (non-hydrogen) atoms. The van der Waals surface area contributed by atoms with Crippen LogP contribution in [0, 0.1) is 39.0 Å². The van der Waals surface area contributed by atoms with Crippen molar-refractivity contribution in [2.24, 2.45) is 5.10 Å². The molecule has 1 amide bonds. The lowest BCUT2D eigenvalue weighted by Crippen LogP contribution is -2.19. The maximum atomic E-state index is 12.3. The molecule has 8 heteroatoms. The molecule has 158 valence electrons. The van der Waals surface area contributed by atoms with Crippen molar-refractivity contribution in [1.29, 1.82) is 5.26 Å². The molecule has 0 unspecified atom stereocenters. The summed E-state index contributed by atoms with van der Waals surface area (Å²) < 4.78 is 18.3. The number of nitrogens with zero attached hydrogens (tertiary/aromatic N) is 3. The average molecular weight is 418 g/mol. The van der Waals surface area contributed by atoms with Crippen molar-refractivity contribution >= 4 is 12.1 Å². The number of nitrogens with one attached hydrogen (secondary N) is 1. The Balaban J connectivity index is 1.48. The van der Waals surface area contributed by atoms with Gasteiger partial charge in [-0.3, -0.25) is 9.36 Å². The molecule has 0 radical (unpaired) electrons. The third kappa shape index (κ3) is 3.78. The van der Waals surface area contributed by atoms with Gasteiger partial charge in [-0.05, 0) is 51.5 Å². The first-order valence-corrected chi connectivity index (χ1v) is 9.79. The SMILES string of the molecule is Cc1oc(-n2c(C)cc(/C=N/NC(=O)Cc3ccc4c(c3)OCO4)c2C)c(C#N)c1C. The minimum Gasteiger partial charge on any atom is -0.454 e. The number of fused-ring (bicyclic) bond motifs is 1. The molecule has 8 nitrogen and oxygen atoms in total. The first-order chi connectivity index (χ1) is 14.9. The van der Waals surface area contributed by atoms with Gasteiger partial charge in [0, 0.05) is 22.5 Å². The Kier molecular flexibility index (Phi) is 5.26. The van der Waals surface area contributed by atoms with Gasteiger partial charge in [-0.1, -0.05) is 6.07 Å². The highest BCUT2D eigenvalue weighted by molar-refractivity contribution is 5.85. The lowest BCUT2D eigenvalue weighted by atomic mass is 10.1. The number of rotatable bonds is 5. The number of nitriles is 1. The van der Waals surface area contributed by atoms with Gasteiger partial charge in [-0.15, -0.1) is 0 Å². The molecule has 0 bridgehead atoms. The van der Waals surface area contributed by atoms with Crippen molar-refractivity contribution in [2.45, 2.75) is 34.1 Å². The van der Waals surface area contributed by atoms with Gasteiger partial charge in [0.2, 0.25) is 18.6 Å². The first kappa shape index (κ1) is 20.3. The monoisotopic (exact) mass is 418 g/mol. The maximum Gasteiger partial charge on any atom is 0.244 e. The molecule has 0 spiro atoms. The summed E-state index contributed by atoms with van der Waals surface area (Å²) in [5.74, 6) is 2.29. The number of aromatic nitrogens is 1. The molecule has 0 atom stereocenters. The molecule has 1 aliphatic rings. The van der Waals surface area contributed by atoms with Crippen molar-refractivity contribution < 1.29 is 18.7 Å². The number of aryl methyl sites for hydroxylation is 2. The van der Waals surface area contributed by atoms with E-state index < -0.39 is 0 Å². The van der Waals surface area contributed by atoms with Gasteiger partial charge in [0.1, 0.15) is 17.4 Å². The minimum atomic E-state index is -0.243. The number of carbonyl (C=O) groups is 1. The Hall–Kier alpha value is -3.99. The number of hydrogen-bond acceptors (Lipinski definition) is 6. The van der Waals surface area contributed by atoms with E-state index in [9.17, 15) is 10.1 Å². The summed E-state index contributed by atoms with van der Waals surface area (Å²) in [6.07, 6.45) is 1.76. The largest absolute Gasteiger partial charge is 0.454 e. The van der Waals surface area contributed by atoms with E-state index in [0.29, 0.717) is 28.7 Å². The van der Waals surface area contributed by atoms with Crippen molar-refractivity contribution in [2.75, 3.05) is 6.79 Å². The summed E-state index contributed by atoms with van der Waals surface area (Å²) in [7, 11) is 0. The topological polar surface area (TPSA) is 102 Å². The number of hydrazone groups is 1. The van der Waals surface area contributed by atoms with E-state index in [1.807, 2.05) is 44.4 Å². The van der Waals surface area contributed by atoms with E-state index in [2.05, 4.69) is 16.6 Å². The highest BCUT2D eigenvalue weighted by Crippen LogP contribution is 2.32. The zero-order chi connectivity index (χ0) is 22.1. The molecular formula is C23H22N4O4. The van der Waals surface area contributed by atoms with Crippen molar-refractivity contribution in [1.82, 2.24) is 9.99 Å². The van der Waals surface area contributed by atoms with Crippen LogP contribution in [0.3, 0.4) is 0 Å². The number of furan rings is 1. The summed E-state index contributed by atoms with van der Waals surface area (Å²) >= 11 is 0. The van der Waals surface area contributed by atoms with Gasteiger partial charge in [0.15, 0.2) is 11.5 Å². The molecule has 1 N–H and O–H groups in total. The zero-order valence-corrected chi connectivity index (χ0v) is 17.8. The van der Waals surface area contributed by atoms with Crippen LogP contribution in [0.1, 0.15) is 39.4 Å². The van der Waals surface area contributed by atoms with E-state index in [1.165, 1.54) is 0 Å². The number of carbonyl (C=O) groups excluding carboxylic acids is 1. The molecule has 1 aromatic carbocycles. The van der Waals surface area contributed by atoms with E-state index in [-0.39, 0.29) is 19.1 Å². The molecule has 1 aliphatic heterocycles. The Bertz CT molecular complexity index is 1240. The molecule has 0 aliphatic carbocycles. The smallest absolute Gasteiger partial charge is 0.244 e. The quantitative estimate of drug-likeness (QED) is 0.504. The minimum absolute atomic E-state index is 0.170. The Morgan fingerprint density at radius 3 is 2.77 bits per heavy atom. The fraction of sp³-hybridized carbons (Fsp3) is 0.261. The molecule has 3 aromatic rings. The number of amides is 1. The summed E-state index contributed by atoms with van der Waals surface area (Å²) in [6.45, 7) is 7.74. The van der Waals surface area contributed by atoms with Crippen LogP contribution in [0.15, 0.2) is 33.8 Å². The highest BCUT2D eigenvalue weighted by atomic mass is 16.7.